The normalized spacial score (nSPS) is 19.3. The van der Waals surface area contributed by atoms with Crippen molar-refractivity contribution < 1.29 is 14.3 Å². The van der Waals surface area contributed by atoms with Crippen molar-refractivity contribution in [1.82, 2.24) is 10.3 Å². The van der Waals surface area contributed by atoms with Crippen molar-refractivity contribution in [1.29, 1.82) is 0 Å². The highest BCUT2D eigenvalue weighted by Crippen LogP contribution is 2.31. The molecule has 0 spiro atoms. The van der Waals surface area contributed by atoms with E-state index < -0.39 is 17.4 Å². The third-order valence-electron chi connectivity index (χ3n) is 3.72. The molecule has 1 aromatic heterocycles. The lowest BCUT2D eigenvalue weighted by molar-refractivity contribution is -0.146. The molecule has 0 saturated carbocycles. The zero-order valence-corrected chi connectivity index (χ0v) is 12.9. The molecule has 1 unspecified atom stereocenters. The molecule has 1 aromatic carbocycles. The van der Waals surface area contributed by atoms with Gasteiger partial charge in [-0.3, -0.25) is 9.59 Å². The molecule has 1 aliphatic heterocycles. The summed E-state index contributed by atoms with van der Waals surface area (Å²) in [6, 6.07) is 11.1. The Morgan fingerprint density at radius 1 is 1.35 bits per heavy atom. The van der Waals surface area contributed by atoms with Crippen LogP contribution >= 0.6 is 0 Å². The van der Waals surface area contributed by atoms with E-state index in [4.69, 9.17) is 4.74 Å². The molecular weight excluding hydrogens is 294 g/mol. The monoisotopic (exact) mass is 311 g/mol. The first kappa shape index (κ1) is 15.0. The minimum Gasteiger partial charge on any atom is -0.464 e. The first-order valence-electron chi connectivity index (χ1n) is 7.28. The van der Waals surface area contributed by atoms with Crippen LogP contribution in [0.2, 0.25) is 0 Å². The van der Waals surface area contributed by atoms with Crippen LogP contribution in [0.1, 0.15) is 18.1 Å². The molecule has 6 heteroatoms. The molecular formula is C17H17N3O3. The predicted octanol–water partition coefficient (Wildman–Crippen LogP) is 1.80. The Morgan fingerprint density at radius 2 is 2.17 bits per heavy atom. The minimum atomic E-state index is -1.63. The van der Waals surface area contributed by atoms with Gasteiger partial charge in [-0.2, -0.15) is 0 Å². The Balaban J connectivity index is 1.75. The van der Waals surface area contributed by atoms with Crippen LogP contribution in [-0.4, -0.2) is 22.4 Å². The van der Waals surface area contributed by atoms with Crippen molar-refractivity contribution in [2.45, 2.75) is 26.0 Å². The third-order valence-corrected chi connectivity index (χ3v) is 3.72. The summed E-state index contributed by atoms with van der Waals surface area (Å²) >= 11 is 0. The Bertz CT molecular complexity index is 775. The van der Waals surface area contributed by atoms with Crippen LogP contribution in [0.15, 0.2) is 42.6 Å². The van der Waals surface area contributed by atoms with Gasteiger partial charge in [0.05, 0.1) is 0 Å². The lowest BCUT2D eigenvalue weighted by atomic mass is 10.0. The first-order chi connectivity index (χ1) is 11.0. The van der Waals surface area contributed by atoms with Crippen LogP contribution in [0.25, 0.3) is 0 Å². The van der Waals surface area contributed by atoms with E-state index in [1.807, 2.05) is 31.2 Å². The van der Waals surface area contributed by atoms with E-state index in [2.05, 4.69) is 15.6 Å². The van der Waals surface area contributed by atoms with Crippen molar-refractivity contribution in [3.8, 4) is 5.75 Å². The molecule has 118 valence electrons. The maximum atomic E-state index is 12.5. The number of ether oxygens (including phenoxy) is 1. The summed E-state index contributed by atoms with van der Waals surface area (Å²) in [6.45, 7) is 3.75. The number of rotatable bonds is 3. The molecule has 2 aromatic rings. The number of aromatic nitrogens is 1. The van der Waals surface area contributed by atoms with Gasteiger partial charge in [-0.15, -0.1) is 0 Å². The number of amides is 2. The van der Waals surface area contributed by atoms with Gasteiger partial charge in [0.1, 0.15) is 0 Å². The molecule has 23 heavy (non-hydrogen) atoms. The van der Waals surface area contributed by atoms with Gasteiger partial charge in [0.25, 0.3) is 17.4 Å². The number of hydrogen-bond acceptors (Lipinski definition) is 4. The van der Waals surface area contributed by atoms with E-state index in [-0.39, 0.29) is 0 Å². The second-order valence-corrected chi connectivity index (χ2v) is 5.61. The topological polar surface area (TPSA) is 80.3 Å². The molecule has 3 rings (SSSR count). The maximum absolute atomic E-state index is 12.5. The van der Waals surface area contributed by atoms with Crippen LogP contribution < -0.4 is 15.4 Å². The van der Waals surface area contributed by atoms with Gasteiger partial charge >= 0.3 is 0 Å². The fourth-order valence-electron chi connectivity index (χ4n) is 2.38. The Hall–Kier alpha value is -2.89. The van der Waals surface area contributed by atoms with Crippen LogP contribution in [0.3, 0.4) is 0 Å². The molecule has 6 nitrogen and oxygen atoms in total. The van der Waals surface area contributed by atoms with Crippen molar-refractivity contribution in [2.24, 2.45) is 0 Å². The summed E-state index contributed by atoms with van der Waals surface area (Å²) in [7, 11) is 0. The van der Waals surface area contributed by atoms with E-state index in [9.17, 15) is 9.59 Å². The highest BCUT2D eigenvalue weighted by Gasteiger charge is 2.47. The first-order valence-corrected chi connectivity index (χ1v) is 7.28. The third kappa shape index (κ3) is 2.88. The largest absolute Gasteiger partial charge is 0.464 e. The number of fused-ring (bicyclic) bond motifs is 1. The van der Waals surface area contributed by atoms with Crippen molar-refractivity contribution >= 4 is 17.6 Å². The maximum Gasteiger partial charge on any atom is 0.279 e. The summed E-state index contributed by atoms with van der Waals surface area (Å²) in [5.74, 6) is -0.335. The fourth-order valence-corrected chi connectivity index (χ4v) is 2.38. The van der Waals surface area contributed by atoms with E-state index in [0.717, 1.165) is 11.1 Å². The van der Waals surface area contributed by atoms with Crippen molar-refractivity contribution in [2.75, 3.05) is 5.32 Å². The van der Waals surface area contributed by atoms with Crippen molar-refractivity contribution in [3.05, 3.63) is 53.7 Å². The Labute approximate surface area is 133 Å². The molecule has 0 saturated heterocycles. The van der Waals surface area contributed by atoms with Gasteiger partial charge in [-0.1, -0.05) is 29.8 Å². The van der Waals surface area contributed by atoms with Crippen LogP contribution in [0.5, 0.6) is 5.75 Å². The highest BCUT2D eigenvalue weighted by atomic mass is 16.5. The standard InChI is InChI=1S/C17H17N3O3/c1-11-5-3-6-12(9-11)10-19-15(21)17(2)16(22)20-14-13(23-17)7-4-8-18-14/h3-9H,10H2,1-2H3,(H,19,21)(H,18,20,22). The van der Waals surface area contributed by atoms with E-state index in [1.165, 1.54) is 6.92 Å². The summed E-state index contributed by atoms with van der Waals surface area (Å²) in [4.78, 5) is 28.7. The van der Waals surface area contributed by atoms with Gasteiger partial charge in [-0.25, -0.2) is 4.98 Å². The zero-order valence-electron chi connectivity index (χ0n) is 12.9. The molecule has 0 radical (unpaired) electrons. The second kappa shape index (κ2) is 5.72. The number of aryl methyl sites for hydroxylation is 1. The average Bonchev–Trinajstić information content (AvgIpc) is 2.53. The number of nitrogens with zero attached hydrogens (tertiary/aromatic N) is 1. The van der Waals surface area contributed by atoms with Gasteiger partial charge in [0.15, 0.2) is 11.6 Å². The molecule has 2 amide bonds. The number of carbonyl (C=O) groups excluding carboxylic acids is 2. The molecule has 2 N–H and O–H groups in total. The van der Waals surface area contributed by atoms with Gasteiger partial charge in [0.2, 0.25) is 0 Å². The van der Waals surface area contributed by atoms with Crippen LogP contribution in [0.4, 0.5) is 5.82 Å². The lowest BCUT2D eigenvalue weighted by Gasteiger charge is -2.32. The van der Waals surface area contributed by atoms with Gasteiger partial charge in [0, 0.05) is 12.7 Å². The molecule has 1 atom stereocenters. The molecule has 2 heterocycles. The van der Waals surface area contributed by atoms with E-state index in [0.29, 0.717) is 18.1 Å². The second-order valence-electron chi connectivity index (χ2n) is 5.61. The number of carbonyl (C=O) groups is 2. The molecule has 0 fully saturated rings. The smallest absolute Gasteiger partial charge is 0.279 e. The summed E-state index contributed by atoms with van der Waals surface area (Å²) in [6.07, 6.45) is 1.54. The number of pyridine rings is 1. The number of hydrogen-bond donors (Lipinski definition) is 2. The quantitative estimate of drug-likeness (QED) is 0.847. The minimum absolute atomic E-state index is 0.321. The average molecular weight is 311 g/mol. The lowest BCUT2D eigenvalue weighted by Crippen LogP contribution is -2.58. The van der Waals surface area contributed by atoms with Crippen LogP contribution in [0, 0.1) is 6.92 Å². The Kier molecular flexibility index (Phi) is 3.73. The van der Waals surface area contributed by atoms with Crippen LogP contribution in [-0.2, 0) is 16.1 Å². The van der Waals surface area contributed by atoms with E-state index in [1.54, 1.807) is 18.3 Å². The highest BCUT2D eigenvalue weighted by molar-refractivity contribution is 6.15. The fraction of sp³-hybridized carbons (Fsp3) is 0.235. The number of benzene rings is 1. The van der Waals surface area contributed by atoms with Gasteiger partial charge < -0.3 is 15.4 Å². The molecule has 0 aliphatic carbocycles. The van der Waals surface area contributed by atoms with Crippen molar-refractivity contribution in [3.63, 3.8) is 0 Å². The predicted molar refractivity (Wildman–Crippen MR) is 84.9 cm³/mol. The molecule has 1 aliphatic rings. The Morgan fingerprint density at radius 3 is 2.96 bits per heavy atom. The zero-order chi connectivity index (χ0) is 16.4. The van der Waals surface area contributed by atoms with Gasteiger partial charge in [-0.05, 0) is 31.5 Å². The number of nitrogens with one attached hydrogen (secondary N) is 2. The summed E-state index contributed by atoms with van der Waals surface area (Å²) < 4.78 is 5.62. The molecule has 0 bridgehead atoms. The number of anilines is 1. The summed E-state index contributed by atoms with van der Waals surface area (Å²) in [5, 5.41) is 5.36. The van der Waals surface area contributed by atoms with E-state index >= 15 is 0 Å². The summed E-state index contributed by atoms with van der Waals surface area (Å²) in [5.41, 5.74) is 0.440. The SMILES string of the molecule is Cc1cccc(CNC(=O)C2(C)Oc3cccnc3NC2=O)c1.